The molecule has 1 rings (SSSR count). The van der Waals surface area contributed by atoms with Crippen molar-refractivity contribution in [3.8, 4) is 0 Å². The Morgan fingerprint density at radius 3 is 1.75 bits per heavy atom. The van der Waals surface area contributed by atoms with Crippen molar-refractivity contribution in [3.63, 3.8) is 0 Å². The van der Waals surface area contributed by atoms with Gasteiger partial charge in [-0.2, -0.15) is 0 Å². The van der Waals surface area contributed by atoms with E-state index in [9.17, 15) is 0 Å². The lowest BCUT2D eigenvalue weighted by Crippen LogP contribution is -2.52. The van der Waals surface area contributed by atoms with Crippen molar-refractivity contribution in [2.24, 2.45) is 0 Å². The Bertz CT molecular complexity index is 156. The first-order chi connectivity index (χ1) is 5.48. The molecule has 1 heterocycles. The maximum atomic E-state index is 5.52. The Morgan fingerprint density at radius 1 is 1.25 bits per heavy atom. The monoisotopic (exact) mass is 190 g/mol. The lowest BCUT2D eigenvalue weighted by Gasteiger charge is -2.30. The van der Waals surface area contributed by atoms with Crippen molar-refractivity contribution in [3.05, 3.63) is 0 Å². The largest absolute Gasteiger partial charge is 0.368 e. The van der Waals surface area contributed by atoms with Crippen LogP contribution in [0.25, 0.3) is 0 Å². The van der Waals surface area contributed by atoms with E-state index < -0.39 is 8.07 Å². The summed E-state index contributed by atoms with van der Waals surface area (Å²) in [6.45, 7) is 7.59. The maximum Gasteiger partial charge on any atom is 0.184 e. The predicted molar refractivity (Wildman–Crippen MR) is 49.8 cm³/mol. The zero-order chi connectivity index (χ0) is 9.41. The van der Waals surface area contributed by atoms with E-state index >= 15 is 0 Å². The summed E-state index contributed by atoms with van der Waals surface area (Å²) >= 11 is 0. The van der Waals surface area contributed by atoms with E-state index in [1.807, 2.05) is 0 Å². The zero-order valence-electron chi connectivity index (χ0n) is 8.51. The second-order valence-corrected chi connectivity index (χ2v) is 9.58. The molecule has 0 spiro atoms. The van der Waals surface area contributed by atoms with Gasteiger partial charge in [-0.3, -0.25) is 0 Å². The van der Waals surface area contributed by atoms with Crippen molar-refractivity contribution in [1.82, 2.24) is 0 Å². The van der Waals surface area contributed by atoms with Crippen LogP contribution in [0, 0.1) is 0 Å². The molecule has 1 aliphatic rings. The van der Waals surface area contributed by atoms with Crippen LogP contribution in [0.2, 0.25) is 19.6 Å². The van der Waals surface area contributed by atoms with Crippen LogP contribution in [0.4, 0.5) is 0 Å². The number of hydrogen-bond acceptors (Lipinski definition) is 3. The number of methoxy groups -OCH3 is 2. The average Bonchev–Trinajstić information content (AvgIpc) is 2.69. The van der Waals surface area contributed by atoms with Crippen molar-refractivity contribution in [2.75, 3.05) is 20.8 Å². The van der Waals surface area contributed by atoms with E-state index in [2.05, 4.69) is 19.6 Å². The number of epoxide rings is 1. The third-order valence-electron chi connectivity index (χ3n) is 2.53. The summed E-state index contributed by atoms with van der Waals surface area (Å²) in [7, 11) is 1.98. The van der Waals surface area contributed by atoms with Gasteiger partial charge < -0.3 is 14.2 Å². The van der Waals surface area contributed by atoms with Crippen LogP contribution in [0.3, 0.4) is 0 Å². The molecule has 4 heteroatoms. The highest BCUT2D eigenvalue weighted by atomic mass is 28.3. The first kappa shape index (κ1) is 10.2. The molecule has 1 fully saturated rings. The molecular weight excluding hydrogens is 172 g/mol. The van der Waals surface area contributed by atoms with Crippen LogP contribution in [0.1, 0.15) is 0 Å². The van der Waals surface area contributed by atoms with E-state index in [1.165, 1.54) is 0 Å². The van der Waals surface area contributed by atoms with Gasteiger partial charge in [0.2, 0.25) is 0 Å². The van der Waals surface area contributed by atoms with Gasteiger partial charge in [0.25, 0.3) is 0 Å². The lowest BCUT2D eigenvalue weighted by atomic mass is 10.4. The molecule has 3 nitrogen and oxygen atoms in total. The van der Waals surface area contributed by atoms with Crippen molar-refractivity contribution >= 4 is 8.07 Å². The normalized spacial score (nSPS) is 29.5. The van der Waals surface area contributed by atoms with E-state index in [0.29, 0.717) is 0 Å². The fraction of sp³-hybridized carbons (Fsp3) is 1.00. The van der Waals surface area contributed by atoms with Crippen molar-refractivity contribution < 1.29 is 14.2 Å². The molecule has 0 saturated carbocycles. The van der Waals surface area contributed by atoms with Gasteiger partial charge in [-0.05, 0) is 0 Å². The summed E-state index contributed by atoms with van der Waals surface area (Å²) in [5, 5.41) is -0.101. The van der Waals surface area contributed by atoms with Crippen LogP contribution in [0.5, 0.6) is 0 Å². The molecule has 0 amide bonds. The topological polar surface area (TPSA) is 31.0 Å². The summed E-state index contributed by atoms with van der Waals surface area (Å²) in [6, 6.07) is 0. The van der Waals surface area contributed by atoms with Crippen LogP contribution in [-0.2, 0) is 14.2 Å². The third-order valence-corrected chi connectivity index (χ3v) is 5.60. The molecule has 1 aliphatic heterocycles. The van der Waals surface area contributed by atoms with E-state index in [4.69, 9.17) is 14.2 Å². The average molecular weight is 190 g/mol. The molecule has 72 valence electrons. The number of hydrogen-bond donors (Lipinski definition) is 0. The summed E-state index contributed by atoms with van der Waals surface area (Å²) in [5.41, 5.74) is 0. The SMILES string of the molecule is COC(OC)C1([Si](C)(C)C)CO1. The second kappa shape index (κ2) is 3.10. The molecule has 1 atom stereocenters. The van der Waals surface area contributed by atoms with Crippen LogP contribution in [-0.4, -0.2) is 40.4 Å². The highest BCUT2D eigenvalue weighted by molar-refractivity contribution is 6.79. The summed E-state index contributed by atoms with van der Waals surface area (Å²) in [5.74, 6) is 0. The van der Waals surface area contributed by atoms with Crippen molar-refractivity contribution in [2.45, 2.75) is 31.2 Å². The fourth-order valence-corrected chi connectivity index (χ4v) is 3.36. The summed E-state index contributed by atoms with van der Waals surface area (Å²) < 4.78 is 16.0. The standard InChI is InChI=1S/C8H18O3Si/c1-9-7(10-2)8(6-11-8)12(3,4)5/h7H,6H2,1-5H3. The Kier molecular flexibility index (Phi) is 2.63. The van der Waals surface area contributed by atoms with Gasteiger partial charge in [-0.25, -0.2) is 0 Å². The molecule has 12 heavy (non-hydrogen) atoms. The van der Waals surface area contributed by atoms with Crippen LogP contribution < -0.4 is 0 Å². The number of ether oxygens (including phenoxy) is 3. The molecule has 0 bridgehead atoms. The van der Waals surface area contributed by atoms with Gasteiger partial charge >= 0.3 is 0 Å². The highest BCUT2D eigenvalue weighted by Gasteiger charge is 2.61. The predicted octanol–water partition coefficient (Wildman–Crippen LogP) is 1.25. The molecule has 1 saturated heterocycles. The summed E-state index contributed by atoms with van der Waals surface area (Å²) in [6.07, 6.45) is -0.191. The first-order valence-electron chi connectivity index (χ1n) is 4.17. The smallest absolute Gasteiger partial charge is 0.184 e. The minimum atomic E-state index is -1.35. The lowest BCUT2D eigenvalue weighted by molar-refractivity contribution is -0.128. The molecule has 1 unspecified atom stereocenters. The molecule has 0 N–H and O–H groups in total. The van der Waals surface area contributed by atoms with E-state index in [1.54, 1.807) is 14.2 Å². The molecule has 0 radical (unpaired) electrons. The molecular formula is C8H18O3Si. The van der Waals surface area contributed by atoms with Gasteiger partial charge in [-0.1, -0.05) is 19.6 Å². The van der Waals surface area contributed by atoms with Crippen LogP contribution in [0.15, 0.2) is 0 Å². The van der Waals surface area contributed by atoms with Gasteiger partial charge in [-0.15, -0.1) is 0 Å². The van der Waals surface area contributed by atoms with Crippen molar-refractivity contribution in [1.29, 1.82) is 0 Å². The van der Waals surface area contributed by atoms with Gasteiger partial charge in [0, 0.05) is 14.2 Å². The van der Waals surface area contributed by atoms with Gasteiger partial charge in [0.15, 0.2) is 6.29 Å². The minimum Gasteiger partial charge on any atom is -0.368 e. The maximum absolute atomic E-state index is 5.52. The molecule has 0 aliphatic carbocycles. The minimum absolute atomic E-state index is 0.101. The second-order valence-electron chi connectivity index (χ2n) is 4.23. The van der Waals surface area contributed by atoms with Crippen LogP contribution >= 0.6 is 0 Å². The van der Waals surface area contributed by atoms with Gasteiger partial charge in [0.1, 0.15) is 5.22 Å². The Morgan fingerprint density at radius 2 is 1.67 bits per heavy atom. The molecule has 0 aromatic carbocycles. The van der Waals surface area contributed by atoms with E-state index in [-0.39, 0.29) is 11.5 Å². The summed E-state index contributed by atoms with van der Waals surface area (Å²) in [4.78, 5) is 0. The fourth-order valence-electron chi connectivity index (χ4n) is 1.48. The highest BCUT2D eigenvalue weighted by Crippen LogP contribution is 2.41. The Labute approximate surface area is 75.0 Å². The number of rotatable bonds is 4. The Balaban J connectivity index is 2.71. The Hall–Kier alpha value is 0.0969. The van der Waals surface area contributed by atoms with E-state index in [0.717, 1.165) is 6.61 Å². The molecule has 0 aromatic heterocycles. The van der Waals surface area contributed by atoms with Gasteiger partial charge in [0.05, 0.1) is 14.7 Å². The zero-order valence-corrected chi connectivity index (χ0v) is 9.51. The molecule has 0 aromatic rings. The quantitative estimate of drug-likeness (QED) is 0.380. The third kappa shape index (κ3) is 1.44. The first-order valence-corrected chi connectivity index (χ1v) is 7.67.